The Balaban J connectivity index is 2.36. The minimum Gasteiger partial charge on any atom is -0.429 e. The maximum Gasteiger partial charge on any atom is 0.335 e. The Morgan fingerprint density at radius 3 is 2.45 bits per heavy atom. The molecule has 0 aliphatic carbocycles. The molecular weight excluding hydrogens is 306 g/mol. The highest BCUT2D eigenvalue weighted by Crippen LogP contribution is 2.27. The van der Waals surface area contributed by atoms with E-state index in [1.807, 2.05) is 0 Å². The van der Waals surface area contributed by atoms with Crippen LogP contribution in [0.3, 0.4) is 0 Å². The van der Waals surface area contributed by atoms with Gasteiger partial charge in [-0.3, -0.25) is 4.79 Å². The van der Waals surface area contributed by atoms with Crippen LogP contribution in [0.15, 0.2) is 49.1 Å². The number of hydrogen-bond donors (Lipinski definition) is 0. The summed E-state index contributed by atoms with van der Waals surface area (Å²) in [6.45, 7) is 3.59. The average molecular weight is 318 g/mol. The molecule has 0 bridgehead atoms. The second-order valence-corrected chi connectivity index (χ2v) is 4.78. The van der Waals surface area contributed by atoms with Crippen LogP contribution in [0.1, 0.15) is 0 Å². The lowest BCUT2D eigenvalue weighted by atomic mass is 10.0. The van der Waals surface area contributed by atoms with E-state index in [4.69, 9.17) is 9.47 Å². The fourth-order valence-electron chi connectivity index (χ4n) is 1.82. The first-order chi connectivity index (χ1) is 10.6. The zero-order valence-electron chi connectivity index (χ0n) is 11.4. The third-order valence-corrected chi connectivity index (χ3v) is 3.44. The number of carbonyl (C=O) groups excluding carboxylic acids is 2. The summed E-state index contributed by atoms with van der Waals surface area (Å²) >= 11 is 0. The normalized spacial score (nSPS) is 9.91. The molecule has 0 aliphatic rings. The summed E-state index contributed by atoms with van der Waals surface area (Å²) < 4.78 is 23.8. The smallest absolute Gasteiger partial charge is 0.335 e. The lowest BCUT2D eigenvalue weighted by Crippen LogP contribution is -2.10. The van der Waals surface area contributed by atoms with Crippen molar-refractivity contribution < 1.29 is 23.5 Å². The first-order valence-electron chi connectivity index (χ1n) is 6.19. The van der Waals surface area contributed by atoms with Crippen LogP contribution in [-0.4, -0.2) is 12.4 Å². The van der Waals surface area contributed by atoms with Gasteiger partial charge in [0.15, 0.2) is 11.6 Å². The molecule has 0 saturated heterocycles. The molecule has 4 nitrogen and oxygen atoms in total. The molecule has 2 aromatic rings. The lowest BCUT2D eigenvalue weighted by Gasteiger charge is -2.11. The summed E-state index contributed by atoms with van der Waals surface area (Å²) in [5, 5.41) is 0.262. The Kier molecular flexibility index (Phi) is 5.02. The van der Waals surface area contributed by atoms with Crippen LogP contribution in [0.2, 0.25) is 0 Å². The third-order valence-electron chi connectivity index (χ3n) is 2.87. The standard InChI is InChI=1S/C16H12FO4P/c1-2-14(19)21-13-8-7-12(16(22)15(13)17)10-3-5-11(6-4-10)20-9-18/h2-9H,1,22H2. The van der Waals surface area contributed by atoms with Crippen molar-refractivity contribution in [1.82, 2.24) is 0 Å². The molecule has 0 aliphatic heterocycles. The van der Waals surface area contributed by atoms with Crippen LogP contribution >= 0.6 is 9.24 Å². The highest BCUT2D eigenvalue weighted by molar-refractivity contribution is 7.28. The van der Waals surface area contributed by atoms with Gasteiger partial charge >= 0.3 is 5.97 Å². The van der Waals surface area contributed by atoms with Gasteiger partial charge in [-0.05, 0) is 35.4 Å². The van der Waals surface area contributed by atoms with E-state index in [0.29, 0.717) is 17.8 Å². The summed E-state index contributed by atoms with van der Waals surface area (Å²) in [6.07, 6.45) is 0.960. The average Bonchev–Trinajstić information content (AvgIpc) is 2.53. The number of hydrogen-bond acceptors (Lipinski definition) is 4. The number of benzene rings is 2. The maximum absolute atomic E-state index is 14.2. The van der Waals surface area contributed by atoms with Crippen molar-refractivity contribution in [2.24, 2.45) is 0 Å². The van der Waals surface area contributed by atoms with Gasteiger partial charge in [0.1, 0.15) is 5.75 Å². The largest absolute Gasteiger partial charge is 0.429 e. The van der Waals surface area contributed by atoms with Gasteiger partial charge in [0.05, 0.1) is 0 Å². The van der Waals surface area contributed by atoms with Gasteiger partial charge in [0.2, 0.25) is 0 Å². The molecule has 1 unspecified atom stereocenters. The van der Waals surface area contributed by atoms with E-state index in [1.165, 1.54) is 6.07 Å². The first-order valence-corrected chi connectivity index (χ1v) is 6.77. The molecule has 22 heavy (non-hydrogen) atoms. The van der Waals surface area contributed by atoms with E-state index >= 15 is 0 Å². The molecule has 112 valence electrons. The molecule has 0 fully saturated rings. The Bertz CT molecular complexity index is 726. The van der Waals surface area contributed by atoms with Crippen molar-refractivity contribution in [3.8, 4) is 22.6 Å². The zero-order valence-corrected chi connectivity index (χ0v) is 12.6. The van der Waals surface area contributed by atoms with E-state index in [9.17, 15) is 14.0 Å². The highest BCUT2D eigenvalue weighted by atomic mass is 31.0. The predicted molar refractivity (Wildman–Crippen MR) is 83.7 cm³/mol. The fraction of sp³-hybridized carbons (Fsp3) is 0. The summed E-state index contributed by atoms with van der Waals surface area (Å²) in [7, 11) is 2.28. The Morgan fingerprint density at radius 1 is 1.18 bits per heavy atom. The number of carbonyl (C=O) groups is 2. The molecule has 0 radical (unpaired) electrons. The topological polar surface area (TPSA) is 52.6 Å². The van der Waals surface area contributed by atoms with Gasteiger partial charge in [0.25, 0.3) is 6.47 Å². The van der Waals surface area contributed by atoms with Crippen molar-refractivity contribution >= 4 is 27.0 Å². The second kappa shape index (κ2) is 6.96. The molecule has 6 heteroatoms. The van der Waals surface area contributed by atoms with E-state index in [-0.39, 0.29) is 11.1 Å². The Morgan fingerprint density at radius 2 is 1.86 bits per heavy atom. The van der Waals surface area contributed by atoms with Crippen molar-refractivity contribution in [3.63, 3.8) is 0 Å². The number of rotatable bonds is 5. The minimum atomic E-state index is -0.730. The molecule has 0 saturated carbocycles. The Hall–Kier alpha value is -2.52. The molecule has 2 aromatic carbocycles. The fourth-order valence-corrected chi connectivity index (χ4v) is 2.23. The summed E-state index contributed by atoms with van der Waals surface area (Å²) in [5.41, 5.74) is 1.34. The van der Waals surface area contributed by atoms with Crippen molar-refractivity contribution in [3.05, 3.63) is 54.9 Å². The van der Waals surface area contributed by atoms with E-state index in [0.717, 1.165) is 11.6 Å². The Labute approximate surface area is 128 Å². The third kappa shape index (κ3) is 3.38. The number of halogens is 1. The minimum absolute atomic E-state index is 0.167. The molecule has 0 spiro atoms. The van der Waals surface area contributed by atoms with Crippen LogP contribution in [0.5, 0.6) is 11.5 Å². The van der Waals surface area contributed by atoms with Gasteiger partial charge in [-0.2, -0.15) is 0 Å². The van der Waals surface area contributed by atoms with Crippen LogP contribution in [0.25, 0.3) is 11.1 Å². The van der Waals surface area contributed by atoms with Gasteiger partial charge in [-0.25, -0.2) is 9.18 Å². The monoisotopic (exact) mass is 318 g/mol. The van der Waals surface area contributed by atoms with Crippen molar-refractivity contribution in [2.45, 2.75) is 0 Å². The predicted octanol–water partition coefficient (Wildman–Crippen LogP) is 2.62. The molecular formula is C16H12FO4P. The number of ether oxygens (including phenoxy) is 2. The van der Waals surface area contributed by atoms with E-state index in [2.05, 4.69) is 15.8 Å². The quantitative estimate of drug-likeness (QED) is 0.280. The number of esters is 1. The summed E-state index contributed by atoms with van der Waals surface area (Å²) in [6, 6.07) is 9.57. The van der Waals surface area contributed by atoms with Gasteiger partial charge in [-0.15, -0.1) is 9.24 Å². The van der Waals surface area contributed by atoms with Crippen LogP contribution in [-0.2, 0) is 9.59 Å². The first kappa shape index (κ1) is 15.9. The summed E-state index contributed by atoms with van der Waals surface area (Å²) in [5.74, 6) is -1.15. The van der Waals surface area contributed by atoms with Crippen LogP contribution in [0.4, 0.5) is 4.39 Å². The maximum atomic E-state index is 14.2. The molecule has 0 heterocycles. The second-order valence-electron chi connectivity index (χ2n) is 4.20. The highest BCUT2D eigenvalue weighted by Gasteiger charge is 2.14. The zero-order chi connectivity index (χ0) is 16.1. The lowest BCUT2D eigenvalue weighted by molar-refractivity contribution is -0.129. The SMILES string of the molecule is C=CC(=O)Oc1ccc(-c2ccc(OC=O)cc2)c(P)c1F. The van der Waals surface area contributed by atoms with E-state index in [1.54, 1.807) is 30.3 Å². The van der Waals surface area contributed by atoms with Crippen LogP contribution in [0, 0.1) is 5.82 Å². The molecule has 0 N–H and O–H groups in total. The van der Waals surface area contributed by atoms with Gasteiger partial charge in [0, 0.05) is 11.4 Å². The molecule has 2 rings (SSSR count). The van der Waals surface area contributed by atoms with E-state index < -0.39 is 11.8 Å². The van der Waals surface area contributed by atoms with Gasteiger partial charge < -0.3 is 9.47 Å². The molecule has 0 amide bonds. The summed E-state index contributed by atoms with van der Waals surface area (Å²) in [4.78, 5) is 21.4. The van der Waals surface area contributed by atoms with Crippen molar-refractivity contribution in [2.75, 3.05) is 0 Å². The van der Waals surface area contributed by atoms with Gasteiger partial charge in [-0.1, -0.05) is 18.7 Å². The molecule has 1 atom stereocenters. The molecule has 0 aromatic heterocycles. The van der Waals surface area contributed by atoms with Crippen molar-refractivity contribution in [1.29, 1.82) is 0 Å². The van der Waals surface area contributed by atoms with Crippen LogP contribution < -0.4 is 14.8 Å².